The van der Waals surface area contributed by atoms with Crippen molar-refractivity contribution >= 4 is 5.91 Å². The quantitative estimate of drug-likeness (QED) is 0.694. The second-order valence-corrected chi connectivity index (χ2v) is 7.33. The van der Waals surface area contributed by atoms with Gasteiger partial charge in [-0.2, -0.15) is 0 Å². The highest BCUT2D eigenvalue weighted by atomic mass is 19.1. The average molecular weight is 373 g/mol. The molecule has 27 heavy (non-hydrogen) atoms. The number of nitrogens with one attached hydrogen (secondary N) is 1. The molecular formula is C22H28FNO3. The highest BCUT2D eigenvalue weighted by Crippen LogP contribution is 2.30. The molecule has 0 fully saturated rings. The third kappa shape index (κ3) is 5.98. The second kappa shape index (κ2) is 9.40. The van der Waals surface area contributed by atoms with Crippen LogP contribution in [0.1, 0.15) is 39.7 Å². The Bertz CT molecular complexity index is 755. The number of ether oxygens (including phenoxy) is 2. The number of halogens is 1. The largest absolute Gasteiger partial charge is 0.491 e. The molecule has 0 aliphatic rings. The summed E-state index contributed by atoms with van der Waals surface area (Å²) in [7, 11) is 0. The predicted octanol–water partition coefficient (Wildman–Crippen LogP) is 4.48. The van der Waals surface area contributed by atoms with Crippen molar-refractivity contribution in [2.45, 2.75) is 45.6 Å². The minimum Gasteiger partial charge on any atom is -0.491 e. The predicted molar refractivity (Wildman–Crippen MR) is 105 cm³/mol. The first-order valence-corrected chi connectivity index (χ1v) is 9.24. The number of hydrogen-bond acceptors (Lipinski definition) is 3. The molecule has 2 aromatic rings. The van der Waals surface area contributed by atoms with Crippen molar-refractivity contribution in [1.29, 1.82) is 0 Å². The number of benzene rings is 2. The Kier molecular flexibility index (Phi) is 7.22. The number of carbonyl (C=O) groups is 1. The summed E-state index contributed by atoms with van der Waals surface area (Å²) in [6.07, 6.45) is -0.308. The molecule has 5 heteroatoms. The second-order valence-electron chi connectivity index (χ2n) is 7.33. The summed E-state index contributed by atoms with van der Waals surface area (Å²) in [6, 6.07) is 14.0. The van der Waals surface area contributed by atoms with Crippen molar-refractivity contribution in [2.24, 2.45) is 0 Å². The Labute approximate surface area is 160 Å². The summed E-state index contributed by atoms with van der Waals surface area (Å²) in [5, 5.41) is 2.79. The molecular weight excluding hydrogens is 345 g/mol. The van der Waals surface area contributed by atoms with Crippen LogP contribution >= 0.6 is 0 Å². The summed E-state index contributed by atoms with van der Waals surface area (Å²) in [5.41, 5.74) is 1.09. The highest BCUT2D eigenvalue weighted by molar-refractivity contribution is 5.81. The molecule has 0 bridgehead atoms. The van der Waals surface area contributed by atoms with Gasteiger partial charge in [-0.15, -0.1) is 0 Å². The van der Waals surface area contributed by atoms with Gasteiger partial charge in [0.05, 0.1) is 6.54 Å². The maximum atomic E-state index is 13.7. The number of amides is 1. The molecule has 4 nitrogen and oxygen atoms in total. The molecule has 1 N–H and O–H groups in total. The van der Waals surface area contributed by atoms with E-state index in [1.54, 1.807) is 12.1 Å². The van der Waals surface area contributed by atoms with Gasteiger partial charge in [-0.25, -0.2) is 4.39 Å². The average Bonchev–Trinajstić information content (AvgIpc) is 2.64. The topological polar surface area (TPSA) is 47.6 Å². The van der Waals surface area contributed by atoms with E-state index in [0.29, 0.717) is 19.6 Å². The fourth-order valence-corrected chi connectivity index (χ4v) is 2.68. The Morgan fingerprint density at radius 2 is 1.70 bits per heavy atom. The summed E-state index contributed by atoms with van der Waals surface area (Å²) < 4.78 is 25.1. The Balaban J connectivity index is 1.86. The van der Waals surface area contributed by atoms with Gasteiger partial charge in [-0.3, -0.25) is 4.79 Å². The standard InChI is InChI=1S/C22H28FNO3/c1-5-18(27-20-13-9-7-11-17(20)23)21(25)24-14-15-26-19-12-8-6-10-16(19)22(2,3)4/h6-13,18H,5,14-15H2,1-4H3,(H,24,25). The Hall–Kier alpha value is -2.56. The van der Waals surface area contributed by atoms with Gasteiger partial charge in [-0.05, 0) is 35.6 Å². The van der Waals surface area contributed by atoms with Crippen LogP contribution in [0.5, 0.6) is 11.5 Å². The van der Waals surface area contributed by atoms with Crippen LogP contribution in [-0.2, 0) is 10.2 Å². The SMILES string of the molecule is CCC(Oc1ccccc1F)C(=O)NCCOc1ccccc1C(C)(C)C. The van der Waals surface area contributed by atoms with Crippen LogP contribution in [0.2, 0.25) is 0 Å². The third-order valence-corrected chi connectivity index (χ3v) is 4.12. The normalized spacial score (nSPS) is 12.3. The van der Waals surface area contributed by atoms with E-state index in [9.17, 15) is 9.18 Å². The molecule has 1 atom stereocenters. The van der Waals surface area contributed by atoms with Crippen molar-refractivity contribution < 1.29 is 18.7 Å². The lowest BCUT2D eigenvalue weighted by molar-refractivity contribution is -0.128. The van der Waals surface area contributed by atoms with E-state index in [1.807, 2.05) is 31.2 Å². The molecule has 1 amide bonds. The van der Waals surface area contributed by atoms with Crippen LogP contribution in [0.4, 0.5) is 4.39 Å². The fraction of sp³-hybridized carbons (Fsp3) is 0.409. The molecule has 0 aromatic heterocycles. The summed E-state index contributed by atoms with van der Waals surface area (Å²) in [6.45, 7) is 8.89. The molecule has 2 rings (SSSR count). The van der Waals surface area contributed by atoms with Crippen molar-refractivity contribution in [2.75, 3.05) is 13.2 Å². The monoisotopic (exact) mass is 373 g/mol. The first kappa shape index (κ1) is 20.7. The number of carbonyl (C=O) groups excluding carboxylic acids is 1. The van der Waals surface area contributed by atoms with Crippen LogP contribution in [0.3, 0.4) is 0 Å². The van der Waals surface area contributed by atoms with E-state index in [1.165, 1.54) is 12.1 Å². The van der Waals surface area contributed by atoms with E-state index < -0.39 is 11.9 Å². The lowest BCUT2D eigenvalue weighted by Gasteiger charge is -2.23. The van der Waals surface area contributed by atoms with E-state index in [2.05, 4.69) is 26.1 Å². The molecule has 1 unspecified atom stereocenters. The summed E-state index contributed by atoms with van der Waals surface area (Å²) in [5.74, 6) is 0.128. The molecule has 0 heterocycles. The molecule has 0 saturated carbocycles. The fourth-order valence-electron chi connectivity index (χ4n) is 2.68. The Morgan fingerprint density at radius 1 is 1.07 bits per heavy atom. The zero-order chi connectivity index (χ0) is 19.9. The molecule has 2 aromatic carbocycles. The highest BCUT2D eigenvalue weighted by Gasteiger charge is 2.20. The smallest absolute Gasteiger partial charge is 0.261 e. The minimum atomic E-state index is -0.747. The minimum absolute atomic E-state index is 0.0270. The van der Waals surface area contributed by atoms with Crippen LogP contribution < -0.4 is 14.8 Å². The molecule has 0 saturated heterocycles. The van der Waals surface area contributed by atoms with Gasteiger partial charge in [0.1, 0.15) is 12.4 Å². The van der Waals surface area contributed by atoms with E-state index in [-0.39, 0.29) is 17.1 Å². The Morgan fingerprint density at radius 3 is 2.33 bits per heavy atom. The van der Waals surface area contributed by atoms with Gasteiger partial charge in [0.15, 0.2) is 17.7 Å². The van der Waals surface area contributed by atoms with Gasteiger partial charge in [0.25, 0.3) is 5.91 Å². The van der Waals surface area contributed by atoms with Crippen molar-refractivity contribution in [3.63, 3.8) is 0 Å². The zero-order valence-electron chi connectivity index (χ0n) is 16.4. The zero-order valence-corrected chi connectivity index (χ0v) is 16.4. The van der Waals surface area contributed by atoms with E-state index in [4.69, 9.17) is 9.47 Å². The first-order valence-electron chi connectivity index (χ1n) is 9.24. The van der Waals surface area contributed by atoms with Gasteiger partial charge in [0.2, 0.25) is 0 Å². The maximum Gasteiger partial charge on any atom is 0.261 e. The lowest BCUT2D eigenvalue weighted by Crippen LogP contribution is -2.40. The van der Waals surface area contributed by atoms with Crippen LogP contribution in [0.25, 0.3) is 0 Å². The number of rotatable bonds is 8. The maximum absolute atomic E-state index is 13.7. The van der Waals surface area contributed by atoms with Crippen molar-refractivity contribution in [3.05, 3.63) is 59.9 Å². The van der Waals surface area contributed by atoms with Crippen molar-refractivity contribution in [1.82, 2.24) is 5.32 Å². The number of hydrogen-bond donors (Lipinski definition) is 1. The molecule has 146 valence electrons. The molecule has 0 spiro atoms. The number of para-hydroxylation sites is 2. The van der Waals surface area contributed by atoms with E-state index >= 15 is 0 Å². The van der Waals surface area contributed by atoms with Gasteiger partial charge in [0, 0.05) is 0 Å². The molecule has 0 radical (unpaired) electrons. The summed E-state index contributed by atoms with van der Waals surface area (Å²) >= 11 is 0. The van der Waals surface area contributed by atoms with Crippen molar-refractivity contribution in [3.8, 4) is 11.5 Å². The third-order valence-electron chi connectivity index (χ3n) is 4.12. The van der Waals surface area contributed by atoms with Crippen LogP contribution in [0, 0.1) is 5.82 Å². The lowest BCUT2D eigenvalue weighted by atomic mass is 9.86. The summed E-state index contributed by atoms with van der Waals surface area (Å²) in [4.78, 5) is 12.3. The molecule has 0 aliphatic carbocycles. The van der Waals surface area contributed by atoms with Gasteiger partial charge >= 0.3 is 0 Å². The van der Waals surface area contributed by atoms with Crippen LogP contribution in [0.15, 0.2) is 48.5 Å². The van der Waals surface area contributed by atoms with E-state index in [0.717, 1.165) is 11.3 Å². The van der Waals surface area contributed by atoms with Gasteiger partial charge < -0.3 is 14.8 Å². The van der Waals surface area contributed by atoms with Crippen LogP contribution in [-0.4, -0.2) is 25.2 Å². The van der Waals surface area contributed by atoms with Gasteiger partial charge in [-0.1, -0.05) is 58.0 Å². The first-order chi connectivity index (χ1) is 12.8. The molecule has 0 aliphatic heterocycles.